The van der Waals surface area contributed by atoms with Gasteiger partial charge in [-0.1, -0.05) is 62.4 Å². The molecule has 0 radical (unpaired) electrons. The minimum Gasteiger partial charge on any atom is -0.455 e. The number of Topliss-reactive ketones (excluding diaryl/α,β-unsaturated/α-hetero) is 1. The largest absolute Gasteiger partial charge is 0.455 e. The summed E-state index contributed by atoms with van der Waals surface area (Å²) >= 11 is 0. The van der Waals surface area contributed by atoms with Crippen LogP contribution in [0.5, 0.6) is 0 Å². The van der Waals surface area contributed by atoms with Gasteiger partial charge in [0, 0.05) is 56.8 Å². The number of alkyl carbamates (subject to hydrolysis) is 1. The SMILES string of the molecule is CC1=C2[C@@H](O)C(=O)[C@@]3(C)C([C@H](OC(=O)c4ccccc4)[C@](O)(C[C@@H]1OC(=O)[C@H](OC(=O)CCCCN1CCN(C)CC1)[C@@H](NC(=O)OC(C)(C)C)c1ccccc1)C2(C)C)[C@]1(O)CO[C@@H]1C[C@@H]3O. The number of ether oxygens (including phenoxy) is 5. The predicted octanol–water partition coefficient (Wildman–Crippen LogP) is 3.66. The van der Waals surface area contributed by atoms with Gasteiger partial charge in [0.05, 0.1) is 29.8 Å². The number of fused-ring (bicyclic) bond motifs is 5. The average molecular weight is 948 g/mol. The summed E-state index contributed by atoms with van der Waals surface area (Å²) in [5.41, 5.74) is -8.32. The van der Waals surface area contributed by atoms with Crippen LogP contribution in [0.25, 0.3) is 0 Å². The van der Waals surface area contributed by atoms with Crippen LogP contribution >= 0.6 is 0 Å². The molecule has 372 valence electrons. The minimum absolute atomic E-state index is 0.0546. The van der Waals surface area contributed by atoms with Crippen molar-refractivity contribution in [2.24, 2.45) is 16.7 Å². The maximum Gasteiger partial charge on any atom is 0.408 e. The van der Waals surface area contributed by atoms with Gasteiger partial charge in [-0.15, -0.1) is 0 Å². The maximum atomic E-state index is 15.0. The summed E-state index contributed by atoms with van der Waals surface area (Å²) in [5, 5.41) is 52.9. The monoisotopic (exact) mass is 947 g/mol. The van der Waals surface area contributed by atoms with Crippen molar-refractivity contribution >= 4 is 29.8 Å². The lowest BCUT2D eigenvalue weighted by atomic mass is 9.44. The van der Waals surface area contributed by atoms with Crippen molar-refractivity contribution in [1.29, 1.82) is 0 Å². The second kappa shape index (κ2) is 19.6. The Labute approximate surface area is 398 Å². The summed E-state index contributed by atoms with van der Waals surface area (Å²) < 4.78 is 30.0. The first-order chi connectivity index (χ1) is 31.9. The van der Waals surface area contributed by atoms with E-state index in [1.54, 1.807) is 83.1 Å². The van der Waals surface area contributed by atoms with Gasteiger partial charge in [0.2, 0.25) is 6.10 Å². The second-order valence-electron chi connectivity index (χ2n) is 21.1. The Hall–Kier alpha value is -4.75. The van der Waals surface area contributed by atoms with Crippen LogP contribution in [0.2, 0.25) is 0 Å². The quantitative estimate of drug-likeness (QED) is 0.0835. The van der Waals surface area contributed by atoms with Crippen LogP contribution in [-0.4, -0.2) is 160 Å². The Bertz CT molecular complexity index is 2220. The van der Waals surface area contributed by atoms with E-state index in [1.165, 1.54) is 26.0 Å². The molecule has 2 saturated heterocycles. The van der Waals surface area contributed by atoms with E-state index in [0.29, 0.717) is 18.4 Å². The Morgan fingerprint density at radius 1 is 0.912 bits per heavy atom. The zero-order valence-corrected chi connectivity index (χ0v) is 40.4. The molecule has 1 amide bonds. The molecule has 2 heterocycles. The van der Waals surface area contributed by atoms with Gasteiger partial charge >= 0.3 is 24.0 Å². The van der Waals surface area contributed by atoms with Crippen molar-refractivity contribution < 1.29 is 68.1 Å². The van der Waals surface area contributed by atoms with E-state index >= 15 is 4.79 Å². The number of carbonyl (C=O) groups is 5. The van der Waals surface area contributed by atoms with Gasteiger partial charge in [-0.2, -0.15) is 0 Å². The molecule has 11 atom stereocenters. The van der Waals surface area contributed by atoms with Gasteiger partial charge in [-0.05, 0) is 89.9 Å². The molecule has 2 saturated carbocycles. The number of rotatable bonds is 13. The number of benzene rings is 2. The van der Waals surface area contributed by atoms with Crippen LogP contribution in [0, 0.1) is 16.7 Å². The van der Waals surface area contributed by atoms with Gasteiger partial charge < -0.3 is 59.2 Å². The molecule has 2 bridgehead atoms. The molecule has 0 spiro atoms. The molecule has 4 fully saturated rings. The van der Waals surface area contributed by atoms with Crippen LogP contribution in [0.4, 0.5) is 4.79 Å². The standard InChI is InChI=1S/C51H69N3O14/c1-30-33(65-45(60)40(66-36(56)21-15-16-22-54-25-23-53(8)24-26-54)38(31-17-11-9-12-18-31)52-46(61)68-47(2,3)4)28-51(63)43(67-44(59)32-19-13-10-14-20-32)41-49(7,34(55)27-35-50(41,62)29-64-35)42(58)39(57)37(30)48(51,5)6/h9-14,17-20,33-35,38-41,43,55,57,62-63H,15-16,21-29H2,1-8H3,(H,52,61)/t33-,34-,35+,38-,39+,40+,41?,43-,49+,50-,51+/m0/s1. The highest BCUT2D eigenvalue weighted by Crippen LogP contribution is 2.63. The Morgan fingerprint density at radius 3 is 2.15 bits per heavy atom. The number of ketones is 1. The first-order valence-electron chi connectivity index (χ1n) is 23.7. The van der Waals surface area contributed by atoms with Gasteiger partial charge in [0.15, 0.2) is 5.78 Å². The number of carbonyl (C=O) groups excluding carboxylic acids is 5. The zero-order chi connectivity index (χ0) is 49.6. The fraction of sp³-hybridized carbons (Fsp3) is 0.627. The number of unbranched alkanes of at least 4 members (excludes halogenated alkanes) is 1. The highest BCUT2D eigenvalue weighted by molar-refractivity contribution is 5.94. The van der Waals surface area contributed by atoms with Crippen LogP contribution in [0.15, 0.2) is 71.8 Å². The maximum absolute atomic E-state index is 15.0. The molecule has 2 aromatic rings. The van der Waals surface area contributed by atoms with Crippen LogP contribution < -0.4 is 5.32 Å². The average Bonchev–Trinajstić information content (AvgIpc) is 3.28. The lowest BCUT2D eigenvalue weighted by molar-refractivity contribution is -0.343. The smallest absolute Gasteiger partial charge is 0.408 e. The molecule has 68 heavy (non-hydrogen) atoms. The normalized spacial score (nSPS) is 32.4. The highest BCUT2D eigenvalue weighted by Gasteiger charge is 2.76. The van der Waals surface area contributed by atoms with Crippen molar-refractivity contribution in [1.82, 2.24) is 15.1 Å². The summed E-state index contributed by atoms with van der Waals surface area (Å²) in [4.78, 5) is 76.2. The number of nitrogens with one attached hydrogen (secondary N) is 1. The molecule has 3 aliphatic carbocycles. The van der Waals surface area contributed by atoms with Crippen LogP contribution in [0.1, 0.15) is 103 Å². The van der Waals surface area contributed by atoms with Crippen molar-refractivity contribution in [2.45, 2.75) is 140 Å². The molecule has 2 aromatic carbocycles. The minimum atomic E-state index is -2.36. The van der Waals surface area contributed by atoms with E-state index in [1.807, 2.05) is 0 Å². The third-order valence-corrected chi connectivity index (χ3v) is 15.2. The number of aliphatic hydroxyl groups excluding tert-OH is 2. The summed E-state index contributed by atoms with van der Waals surface area (Å²) in [6.07, 6.45) is -10.2. The van der Waals surface area contributed by atoms with E-state index in [9.17, 15) is 39.6 Å². The van der Waals surface area contributed by atoms with Gasteiger partial charge in [-0.25, -0.2) is 14.4 Å². The molecule has 5 aliphatic rings. The molecular weight excluding hydrogens is 879 g/mol. The first-order valence-corrected chi connectivity index (χ1v) is 23.7. The number of piperazine rings is 1. The molecule has 0 aromatic heterocycles. The van der Waals surface area contributed by atoms with E-state index in [-0.39, 0.29) is 36.2 Å². The summed E-state index contributed by atoms with van der Waals surface area (Å²) in [6.45, 7) is 15.2. The fourth-order valence-electron chi connectivity index (χ4n) is 11.1. The topological polar surface area (TPSA) is 231 Å². The van der Waals surface area contributed by atoms with E-state index < -0.39 is 112 Å². The van der Waals surface area contributed by atoms with Crippen molar-refractivity contribution in [3.8, 4) is 0 Å². The lowest BCUT2D eigenvalue weighted by Gasteiger charge is -2.66. The van der Waals surface area contributed by atoms with E-state index in [0.717, 1.165) is 32.7 Å². The van der Waals surface area contributed by atoms with E-state index in [2.05, 4.69) is 22.2 Å². The molecule has 2 aliphatic heterocycles. The predicted molar refractivity (Wildman–Crippen MR) is 246 cm³/mol. The summed E-state index contributed by atoms with van der Waals surface area (Å²) in [6, 6.07) is 14.9. The van der Waals surface area contributed by atoms with Crippen molar-refractivity contribution in [3.05, 3.63) is 82.9 Å². The second-order valence-corrected chi connectivity index (χ2v) is 21.1. The van der Waals surface area contributed by atoms with Gasteiger partial charge in [0.25, 0.3) is 0 Å². The Balaban J connectivity index is 1.28. The van der Waals surface area contributed by atoms with E-state index in [4.69, 9.17) is 23.7 Å². The molecular formula is C51H69N3O14. The third-order valence-electron chi connectivity index (χ3n) is 15.2. The molecule has 5 N–H and O–H groups in total. The molecule has 1 unspecified atom stereocenters. The summed E-state index contributed by atoms with van der Waals surface area (Å²) in [5.74, 6) is -5.26. The Kier molecular flexibility index (Phi) is 14.7. The summed E-state index contributed by atoms with van der Waals surface area (Å²) in [7, 11) is 2.07. The zero-order valence-electron chi connectivity index (χ0n) is 40.4. The molecule has 17 nitrogen and oxygen atoms in total. The third kappa shape index (κ3) is 9.72. The van der Waals surface area contributed by atoms with Crippen LogP contribution in [-0.2, 0) is 38.1 Å². The lowest BCUT2D eigenvalue weighted by Crippen LogP contribution is -2.81. The number of nitrogens with zero attached hydrogens (tertiary/aromatic N) is 2. The number of hydrogen-bond acceptors (Lipinski definition) is 16. The van der Waals surface area contributed by atoms with Crippen LogP contribution in [0.3, 0.4) is 0 Å². The van der Waals surface area contributed by atoms with Crippen molar-refractivity contribution in [3.63, 3.8) is 0 Å². The Morgan fingerprint density at radius 2 is 1.54 bits per heavy atom. The van der Waals surface area contributed by atoms with Gasteiger partial charge in [-0.3, -0.25) is 9.59 Å². The number of aliphatic hydroxyl groups is 4. The van der Waals surface area contributed by atoms with Crippen molar-refractivity contribution in [2.75, 3.05) is 46.4 Å². The molecule has 7 rings (SSSR count). The van der Waals surface area contributed by atoms with Gasteiger partial charge in [0.1, 0.15) is 41.2 Å². The number of hydrogen-bond donors (Lipinski definition) is 5. The first kappa shape index (κ1) is 51.1. The molecule has 17 heteroatoms. The highest BCUT2D eigenvalue weighted by atomic mass is 16.6. The number of likely N-dealkylation sites (N-methyl/N-ethyl adjacent to an activating group) is 1. The number of amides is 1. The number of esters is 3. The fourth-order valence-corrected chi connectivity index (χ4v) is 11.1.